The molecular weight excluding hydrogens is 525 g/mol. The molecule has 0 spiro atoms. The number of aliphatic hydroxyl groups is 1. The van der Waals surface area contributed by atoms with Crippen molar-refractivity contribution < 1.29 is 24.1 Å². The molecule has 0 aliphatic rings. The van der Waals surface area contributed by atoms with Crippen molar-refractivity contribution in [2.45, 2.75) is 26.0 Å². The normalized spacial score (nSPS) is 12.8. The predicted molar refractivity (Wildman–Crippen MR) is 137 cm³/mol. The molecule has 0 heterocycles. The van der Waals surface area contributed by atoms with Gasteiger partial charge in [-0.15, -0.1) is 24.0 Å². The topological polar surface area (TPSA) is 93.6 Å². The van der Waals surface area contributed by atoms with E-state index in [1.807, 2.05) is 32.0 Å². The maximum atomic E-state index is 10.7. The van der Waals surface area contributed by atoms with Gasteiger partial charge in [0.2, 0.25) is 0 Å². The first kappa shape index (κ1) is 27.6. The van der Waals surface area contributed by atoms with Gasteiger partial charge in [0.25, 0.3) is 0 Å². The molecule has 8 nitrogen and oxygen atoms in total. The van der Waals surface area contributed by atoms with Gasteiger partial charge in [0.1, 0.15) is 23.0 Å². The summed E-state index contributed by atoms with van der Waals surface area (Å²) in [5.41, 5.74) is 1.60. The Labute approximate surface area is 207 Å². The zero-order valence-electron chi connectivity index (χ0n) is 19.5. The van der Waals surface area contributed by atoms with E-state index in [2.05, 4.69) is 15.6 Å². The molecular formula is C23H34IN3O5. The van der Waals surface area contributed by atoms with Crippen LogP contribution in [0.4, 0.5) is 0 Å². The van der Waals surface area contributed by atoms with Gasteiger partial charge in [-0.3, -0.25) is 4.99 Å². The van der Waals surface area contributed by atoms with Crippen molar-refractivity contribution in [2.24, 2.45) is 4.99 Å². The van der Waals surface area contributed by atoms with Gasteiger partial charge in [-0.2, -0.15) is 0 Å². The Morgan fingerprint density at radius 1 is 0.938 bits per heavy atom. The molecule has 0 bridgehead atoms. The lowest BCUT2D eigenvalue weighted by Crippen LogP contribution is -2.39. The van der Waals surface area contributed by atoms with Crippen LogP contribution in [0.15, 0.2) is 41.4 Å². The molecule has 0 radical (unpaired) electrons. The highest BCUT2D eigenvalue weighted by atomic mass is 127. The molecule has 9 heteroatoms. The predicted octanol–water partition coefficient (Wildman–Crippen LogP) is 3.69. The Morgan fingerprint density at radius 3 is 2.09 bits per heavy atom. The van der Waals surface area contributed by atoms with Crippen molar-refractivity contribution in [2.75, 3.05) is 41.5 Å². The number of rotatable bonds is 10. The first-order valence-corrected chi connectivity index (χ1v) is 10.1. The summed E-state index contributed by atoms with van der Waals surface area (Å²) in [6.45, 7) is 4.83. The number of methoxy groups -OCH3 is 4. The van der Waals surface area contributed by atoms with Crippen molar-refractivity contribution >= 4 is 29.9 Å². The molecule has 178 valence electrons. The Hall–Kier alpha value is -2.40. The molecule has 0 amide bonds. The highest BCUT2D eigenvalue weighted by molar-refractivity contribution is 14.0. The van der Waals surface area contributed by atoms with Crippen LogP contribution in [-0.2, 0) is 0 Å². The Balaban J connectivity index is 0.00000512. The van der Waals surface area contributed by atoms with Crippen LogP contribution < -0.4 is 29.6 Å². The van der Waals surface area contributed by atoms with Crippen molar-refractivity contribution in [1.82, 2.24) is 10.6 Å². The summed E-state index contributed by atoms with van der Waals surface area (Å²) < 4.78 is 21.4. The van der Waals surface area contributed by atoms with Crippen LogP contribution in [0, 0.1) is 0 Å². The zero-order chi connectivity index (χ0) is 22.8. The molecule has 32 heavy (non-hydrogen) atoms. The number of guanidine groups is 1. The van der Waals surface area contributed by atoms with Crippen molar-refractivity contribution in [3.63, 3.8) is 0 Å². The molecule has 0 aliphatic carbocycles. The van der Waals surface area contributed by atoms with E-state index in [9.17, 15) is 5.11 Å². The number of hydrogen-bond donors (Lipinski definition) is 3. The lowest BCUT2D eigenvalue weighted by Gasteiger charge is -2.21. The Morgan fingerprint density at radius 2 is 1.56 bits per heavy atom. The third-order valence-corrected chi connectivity index (χ3v) is 4.78. The third kappa shape index (κ3) is 7.63. The minimum atomic E-state index is -0.818. The molecule has 0 aliphatic heterocycles. The van der Waals surface area contributed by atoms with E-state index < -0.39 is 6.10 Å². The van der Waals surface area contributed by atoms with Crippen LogP contribution in [0.2, 0.25) is 0 Å². The molecule has 0 saturated carbocycles. The van der Waals surface area contributed by atoms with Gasteiger partial charge in [0, 0.05) is 18.2 Å². The van der Waals surface area contributed by atoms with Gasteiger partial charge < -0.3 is 34.7 Å². The maximum Gasteiger partial charge on any atom is 0.191 e. The lowest BCUT2D eigenvalue weighted by molar-refractivity contribution is 0.186. The van der Waals surface area contributed by atoms with Gasteiger partial charge in [-0.1, -0.05) is 0 Å². The first-order chi connectivity index (χ1) is 14.9. The summed E-state index contributed by atoms with van der Waals surface area (Å²) >= 11 is 0. The minimum Gasteiger partial charge on any atom is -0.497 e. The van der Waals surface area contributed by atoms with Crippen LogP contribution in [0.3, 0.4) is 0 Å². The van der Waals surface area contributed by atoms with E-state index in [1.54, 1.807) is 46.6 Å². The lowest BCUT2D eigenvalue weighted by atomic mass is 10.1. The quantitative estimate of drug-likeness (QED) is 0.232. The fourth-order valence-electron chi connectivity index (χ4n) is 3.09. The van der Waals surface area contributed by atoms with Crippen LogP contribution in [0.25, 0.3) is 0 Å². The molecule has 0 fully saturated rings. The maximum absolute atomic E-state index is 10.7. The van der Waals surface area contributed by atoms with E-state index in [0.29, 0.717) is 29.6 Å². The molecule has 2 aromatic carbocycles. The van der Waals surface area contributed by atoms with Crippen LogP contribution in [-0.4, -0.2) is 52.6 Å². The fraction of sp³-hybridized carbons (Fsp3) is 0.435. The summed E-state index contributed by atoms with van der Waals surface area (Å²) in [5, 5.41) is 17.2. The molecule has 2 aromatic rings. The summed E-state index contributed by atoms with van der Waals surface area (Å²) in [4.78, 5) is 4.56. The van der Waals surface area contributed by atoms with Crippen molar-refractivity contribution in [1.29, 1.82) is 0 Å². The number of nitrogens with zero attached hydrogens (tertiary/aromatic N) is 1. The summed E-state index contributed by atoms with van der Waals surface area (Å²) in [6.07, 6.45) is -0.818. The number of hydrogen-bond acceptors (Lipinski definition) is 6. The molecule has 2 atom stereocenters. The minimum absolute atomic E-state index is 0. The first-order valence-electron chi connectivity index (χ1n) is 10.1. The molecule has 2 rings (SSSR count). The van der Waals surface area contributed by atoms with E-state index in [0.717, 1.165) is 17.1 Å². The number of benzene rings is 2. The number of aliphatic hydroxyl groups excluding tert-OH is 1. The van der Waals surface area contributed by atoms with Gasteiger partial charge in [-0.25, -0.2) is 0 Å². The summed E-state index contributed by atoms with van der Waals surface area (Å²) in [5.74, 6) is 3.30. The van der Waals surface area contributed by atoms with Gasteiger partial charge in [0.05, 0.1) is 47.1 Å². The number of ether oxygens (including phenoxy) is 4. The van der Waals surface area contributed by atoms with Crippen molar-refractivity contribution in [3.05, 3.63) is 47.5 Å². The van der Waals surface area contributed by atoms with Crippen LogP contribution in [0.5, 0.6) is 23.0 Å². The summed E-state index contributed by atoms with van der Waals surface area (Å²) in [7, 11) is 6.41. The largest absolute Gasteiger partial charge is 0.497 e. The second-order valence-electron chi connectivity index (χ2n) is 6.86. The summed E-state index contributed by atoms with van der Waals surface area (Å²) in [6, 6.07) is 10.8. The van der Waals surface area contributed by atoms with E-state index >= 15 is 0 Å². The second kappa shape index (κ2) is 13.9. The molecule has 3 N–H and O–H groups in total. The Bertz CT molecular complexity index is 856. The number of halogens is 1. The van der Waals surface area contributed by atoms with Crippen molar-refractivity contribution in [3.8, 4) is 23.0 Å². The van der Waals surface area contributed by atoms with E-state index in [-0.39, 0.29) is 36.6 Å². The molecule has 0 saturated heterocycles. The fourth-order valence-corrected chi connectivity index (χ4v) is 3.09. The average Bonchev–Trinajstić information content (AvgIpc) is 2.81. The van der Waals surface area contributed by atoms with Crippen LogP contribution >= 0.6 is 24.0 Å². The van der Waals surface area contributed by atoms with Crippen LogP contribution in [0.1, 0.15) is 37.1 Å². The highest BCUT2D eigenvalue weighted by Gasteiger charge is 2.16. The highest BCUT2D eigenvalue weighted by Crippen LogP contribution is 2.29. The smallest absolute Gasteiger partial charge is 0.191 e. The third-order valence-electron chi connectivity index (χ3n) is 4.78. The monoisotopic (exact) mass is 559 g/mol. The Kier molecular flexibility index (Phi) is 12.0. The zero-order valence-corrected chi connectivity index (χ0v) is 21.8. The van der Waals surface area contributed by atoms with Gasteiger partial charge in [0.15, 0.2) is 5.96 Å². The second-order valence-corrected chi connectivity index (χ2v) is 6.86. The van der Waals surface area contributed by atoms with Gasteiger partial charge >= 0.3 is 0 Å². The number of aliphatic imine (C=N–C) groups is 1. The molecule has 2 unspecified atom stereocenters. The van der Waals surface area contributed by atoms with Gasteiger partial charge in [-0.05, 0) is 49.7 Å². The standard InChI is InChI=1S/C23H33N3O5.HI/c1-7-24-23(26-15(2)20-13-17(28-3)8-9-22(20)31-6)25-14-21(27)16-10-18(29-4)12-19(11-16)30-5;/h8-13,15,21,27H,7,14H2,1-6H3,(H2,24,25,26);1H. The average molecular weight is 559 g/mol. The van der Waals surface area contributed by atoms with E-state index in [1.165, 1.54) is 0 Å². The van der Waals surface area contributed by atoms with E-state index in [4.69, 9.17) is 18.9 Å². The molecule has 0 aromatic heterocycles. The number of nitrogens with one attached hydrogen (secondary N) is 2. The SMILES string of the molecule is CCNC(=NCC(O)c1cc(OC)cc(OC)c1)NC(C)c1cc(OC)ccc1OC.I.